The summed E-state index contributed by atoms with van der Waals surface area (Å²) in [6, 6.07) is 0. The normalized spacial score (nSPS) is 10.6. The summed E-state index contributed by atoms with van der Waals surface area (Å²) in [5.74, 6) is 0. The van der Waals surface area contributed by atoms with Crippen molar-refractivity contribution in [2.24, 2.45) is 0 Å². The fourth-order valence-corrected chi connectivity index (χ4v) is 1.36. The van der Waals surface area contributed by atoms with Gasteiger partial charge in [-0.15, -0.1) is 0 Å². The van der Waals surface area contributed by atoms with E-state index in [4.69, 9.17) is 11.6 Å². The molecule has 0 bridgehead atoms. The van der Waals surface area contributed by atoms with Gasteiger partial charge in [0.2, 0.25) is 0 Å². The zero-order valence-corrected chi connectivity index (χ0v) is 8.23. The van der Waals surface area contributed by atoms with Crippen molar-refractivity contribution >= 4 is 11.6 Å². The molecule has 12 heavy (non-hydrogen) atoms. The summed E-state index contributed by atoms with van der Waals surface area (Å²) in [5.41, 5.74) is 1.12. The van der Waals surface area contributed by atoms with Gasteiger partial charge in [0.05, 0.1) is 6.20 Å². The highest BCUT2D eigenvalue weighted by Crippen LogP contribution is 2.15. The molecule has 0 saturated carbocycles. The Balaban J connectivity index is 2.66. The molecule has 1 N–H and O–H groups in total. The van der Waals surface area contributed by atoms with Crippen LogP contribution in [0.3, 0.4) is 0 Å². The molecule has 0 spiro atoms. The molecule has 0 aliphatic rings. The number of nitrogens with zero attached hydrogens (tertiary/aromatic N) is 2. The topological polar surface area (TPSA) is 29.9 Å². The van der Waals surface area contributed by atoms with E-state index < -0.39 is 0 Å². The lowest BCUT2D eigenvalue weighted by atomic mass is 10.2. The number of hydrogen-bond donors (Lipinski definition) is 1. The quantitative estimate of drug-likeness (QED) is 0.771. The van der Waals surface area contributed by atoms with Gasteiger partial charge < -0.3 is 5.32 Å². The lowest BCUT2D eigenvalue weighted by molar-refractivity contribution is 0.659. The molecule has 0 unspecified atom stereocenters. The minimum Gasteiger partial charge on any atom is -0.319 e. The summed E-state index contributed by atoms with van der Waals surface area (Å²) < 4.78 is 1.80. The van der Waals surface area contributed by atoms with Crippen molar-refractivity contribution in [1.29, 1.82) is 0 Å². The SMILES string of the molecule is CCn1ncc(CCNC)c1Cl. The van der Waals surface area contributed by atoms with Gasteiger partial charge >= 0.3 is 0 Å². The van der Waals surface area contributed by atoms with Gasteiger partial charge in [-0.25, -0.2) is 0 Å². The monoisotopic (exact) mass is 187 g/mol. The number of rotatable bonds is 4. The highest BCUT2D eigenvalue weighted by Gasteiger charge is 2.05. The van der Waals surface area contributed by atoms with Crippen LogP contribution < -0.4 is 5.32 Å². The zero-order valence-electron chi connectivity index (χ0n) is 7.47. The third-order valence-corrected chi connectivity index (χ3v) is 2.23. The van der Waals surface area contributed by atoms with Crippen molar-refractivity contribution in [3.05, 3.63) is 16.9 Å². The van der Waals surface area contributed by atoms with Gasteiger partial charge in [-0.05, 0) is 26.9 Å². The molecule has 0 aliphatic carbocycles. The Kier molecular flexibility index (Phi) is 3.56. The maximum atomic E-state index is 6.03. The van der Waals surface area contributed by atoms with E-state index in [0.29, 0.717) is 0 Å². The summed E-state index contributed by atoms with van der Waals surface area (Å²) in [6.45, 7) is 3.80. The molecule has 0 fully saturated rings. The Morgan fingerprint density at radius 2 is 2.42 bits per heavy atom. The fourth-order valence-electron chi connectivity index (χ4n) is 1.06. The second-order valence-electron chi connectivity index (χ2n) is 2.63. The Morgan fingerprint density at radius 1 is 1.67 bits per heavy atom. The van der Waals surface area contributed by atoms with Crippen LogP contribution in [0, 0.1) is 0 Å². The first kappa shape index (κ1) is 9.55. The van der Waals surface area contributed by atoms with Gasteiger partial charge in [0.25, 0.3) is 0 Å². The van der Waals surface area contributed by atoms with Gasteiger partial charge in [0.15, 0.2) is 0 Å². The molecule has 0 amide bonds. The van der Waals surface area contributed by atoms with Gasteiger partial charge in [-0.1, -0.05) is 11.6 Å². The molecule has 68 valence electrons. The van der Waals surface area contributed by atoms with Gasteiger partial charge in [0.1, 0.15) is 5.15 Å². The average Bonchev–Trinajstić information content (AvgIpc) is 2.43. The summed E-state index contributed by atoms with van der Waals surface area (Å²) >= 11 is 6.03. The highest BCUT2D eigenvalue weighted by atomic mass is 35.5. The Labute approximate surface area is 77.7 Å². The molecule has 1 aromatic heterocycles. The first-order valence-electron chi connectivity index (χ1n) is 4.14. The zero-order chi connectivity index (χ0) is 8.97. The maximum Gasteiger partial charge on any atom is 0.130 e. The van der Waals surface area contributed by atoms with Crippen LogP contribution >= 0.6 is 11.6 Å². The third kappa shape index (κ3) is 1.99. The van der Waals surface area contributed by atoms with Crippen LogP contribution in [0.1, 0.15) is 12.5 Å². The number of aryl methyl sites for hydroxylation is 1. The van der Waals surface area contributed by atoms with Crippen molar-refractivity contribution in [3.63, 3.8) is 0 Å². The van der Waals surface area contributed by atoms with Gasteiger partial charge in [-0.3, -0.25) is 4.68 Å². The molecule has 1 heterocycles. The molecule has 1 aromatic rings. The molecule has 3 nitrogen and oxygen atoms in total. The predicted molar refractivity (Wildman–Crippen MR) is 50.5 cm³/mol. The molecule has 0 aliphatic heterocycles. The first-order chi connectivity index (χ1) is 5.79. The summed E-state index contributed by atoms with van der Waals surface area (Å²) in [4.78, 5) is 0. The van der Waals surface area contributed by atoms with Crippen LogP contribution in [-0.4, -0.2) is 23.4 Å². The van der Waals surface area contributed by atoms with E-state index in [1.54, 1.807) is 4.68 Å². The van der Waals surface area contributed by atoms with Crippen LogP contribution in [0.15, 0.2) is 6.20 Å². The molecule has 0 atom stereocenters. The second kappa shape index (κ2) is 4.48. The van der Waals surface area contributed by atoms with E-state index in [-0.39, 0.29) is 0 Å². The van der Waals surface area contributed by atoms with Crippen molar-refractivity contribution < 1.29 is 0 Å². The molecule has 0 aromatic carbocycles. The van der Waals surface area contributed by atoms with Crippen LogP contribution in [0.4, 0.5) is 0 Å². The van der Waals surface area contributed by atoms with E-state index >= 15 is 0 Å². The van der Waals surface area contributed by atoms with Crippen molar-refractivity contribution in [2.75, 3.05) is 13.6 Å². The maximum absolute atomic E-state index is 6.03. The Bertz CT molecular complexity index is 244. The minimum atomic E-state index is 0.771. The summed E-state index contributed by atoms with van der Waals surface area (Å²) in [7, 11) is 1.93. The minimum absolute atomic E-state index is 0.771. The number of hydrogen-bond acceptors (Lipinski definition) is 2. The lowest BCUT2D eigenvalue weighted by Gasteiger charge is -1.99. The van der Waals surface area contributed by atoms with Crippen LogP contribution in [0.25, 0.3) is 0 Å². The fraction of sp³-hybridized carbons (Fsp3) is 0.625. The van der Waals surface area contributed by atoms with E-state index in [1.807, 2.05) is 20.2 Å². The van der Waals surface area contributed by atoms with E-state index in [9.17, 15) is 0 Å². The first-order valence-corrected chi connectivity index (χ1v) is 4.52. The third-order valence-electron chi connectivity index (χ3n) is 1.79. The molecule has 0 radical (unpaired) electrons. The van der Waals surface area contributed by atoms with E-state index in [1.165, 1.54) is 0 Å². The number of likely N-dealkylation sites (N-methyl/N-ethyl adjacent to an activating group) is 1. The van der Waals surface area contributed by atoms with Crippen molar-refractivity contribution in [2.45, 2.75) is 19.9 Å². The average molecular weight is 188 g/mol. The Hall–Kier alpha value is -0.540. The van der Waals surface area contributed by atoms with E-state index in [0.717, 1.165) is 30.2 Å². The van der Waals surface area contributed by atoms with Crippen LogP contribution in [0.2, 0.25) is 5.15 Å². The summed E-state index contributed by atoms with van der Waals surface area (Å²) in [6.07, 6.45) is 2.78. The Morgan fingerprint density at radius 3 is 2.92 bits per heavy atom. The molecule has 4 heteroatoms. The molecule has 0 saturated heterocycles. The standard InChI is InChI=1S/C8H14ClN3/c1-3-12-8(9)7(6-11-12)4-5-10-2/h6,10H,3-5H2,1-2H3. The summed E-state index contributed by atoms with van der Waals surface area (Å²) in [5, 5.41) is 7.99. The number of nitrogens with one attached hydrogen (secondary N) is 1. The van der Waals surface area contributed by atoms with Crippen molar-refractivity contribution in [1.82, 2.24) is 15.1 Å². The van der Waals surface area contributed by atoms with Crippen LogP contribution in [-0.2, 0) is 13.0 Å². The molecular formula is C8H14ClN3. The second-order valence-corrected chi connectivity index (χ2v) is 2.99. The van der Waals surface area contributed by atoms with Gasteiger partial charge in [0, 0.05) is 12.1 Å². The van der Waals surface area contributed by atoms with Gasteiger partial charge in [-0.2, -0.15) is 5.10 Å². The lowest BCUT2D eigenvalue weighted by Crippen LogP contribution is -2.10. The number of aromatic nitrogens is 2. The number of halogens is 1. The predicted octanol–water partition coefficient (Wildman–Crippen LogP) is 1.32. The molecule has 1 rings (SSSR count). The highest BCUT2D eigenvalue weighted by molar-refractivity contribution is 6.30. The smallest absolute Gasteiger partial charge is 0.130 e. The largest absolute Gasteiger partial charge is 0.319 e. The molecular weight excluding hydrogens is 174 g/mol. The van der Waals surface area contributed by atoms with Crippen LogP contribution in [0.5, 0.6) is 0 Å². The van der Waals surface area contributed by atoms with Crippen molar-refractivity contribution in [3.8, 4) is 0 Å². The van der Waals surface area contributed by atoms with E-state index in [2.05, 4.69) is 10.4 Å².